The third-order valence-electron chi connectivity index (χ3n) is 3.00. The summed E-state index contributed by atoms with van der Waals surface area (Å²) < 4.78 is 19.5. The summed E-state index contributed by atoms with van der Waals surface area (Å²) >= 11 is 0. The molecule has 1 aromatic carbocycles. The van der Waals surface area contributed by atoms with E-state index in [0.717, 1.165) is 30.8 Å². The van der Waals surface area contributed by atoms with E-state index in [0.29, 0.717) is 5.56 Å². The van der Waals surface area contributed by atoms with Crippen LogP contribution < -0.4 is 5.32 Å². The molecule has 0 amide bonds. The highest BCUT2D eigenvalue weighted by molar-refractivity contribution is 5.30. The molecule has 0 saturated heterocycles. The summed E-state index contributed by atoms with van der Waals surface area (Å²) in [6.45, 7) is 2.61. The molecule has 0 spiro atoms. The maximum absolute atomic E-state index is 13.9. The van der Waals surface area contributed by atoms with E-state index in [1.807, 2.05) is 32.2 Å². The van der Waals surface area contributed by atoms with Crippen LogP contribution in [0.5, 0.6) is 0 Å². The lowest BCUT2D eigenvalue weighted by molar-refractivity contribution is 0.168. The first kappa shape index (κ1) is 12.1. The zero-order valence-corrected chi connectivity index (χ0v) is 10.3. The number of ether oxygens (including phenoxy) is 1. The van der Waals surface area contributed by atoms with E-state index in [9.17, 15) is 4.39 Å². The van der Waals surface area contributed by atoms with Gasteiger partial charge in [0, 0.05) is 5.56 Å². The number of rotatable bonds is 3. The van der Waals surface area contributed by atoms with Gasteiger partial charge < -0.3 is 10.1 Å². The molecular formula is C14H18FNO. The third kappa shape index (κ3) is 2.67. The van der Waals surface area contributed by atoms with Crippen molar-refractivity contribution in [3.05, 3.63) is 47.0 Å². The molecule has 2 nitrogen and oxygen atoms in total. The summed E-state index contributed by atoms with van der Waals surface area (Å²) in [4.78, 5) is 0. The molecule has 1 aromatic rings. The van der Waals surface area contributed by atoms with Crippen molar-refractivity contribution in [3.63, 3.8) is 0 Å². The maximum atomic E-state index is 13.9. The Bertz CT molecular complexity index is 428. The van der Waals surface area contributed by atoms with Crippen LogP contribution in [0.15, 0.2) is 30.0 Å². The van der Waals surface area contributed by atoms with Crippen molar-refractivity contribution in [1.82, 2.24) is 5.32 Å². The molecular weight excluding hydrogens is 217 g/mol. The highest BCUT2D eigenvalue weighted by atomic mass is 19.1. The lowest BCUT2D eigenvalue weighted by Gasteiger charge is -2.24. The van der Waals surface area contributed by atoms with E-state index < -0.39 is 0 Å². The summed E-state index contributed by atoms with van der Waals surface area (Å²) in [6, 6.07) is 5.12. The van der Waals surface area contributed by atoms with Crippen molar-refractivity contribution in [3.8, 4) is 0 Å². The zero-order chi connectivity index (χ0) is 12.3. The second-order valence-electron chi connectivity index (χ2n) is 4.34. The van der Waals surface area contributed by atoms with Crippen molar-refractivity contribution >= 4 is 0 Å². The van der Waals surface area contributed by atoms with Gasteiger partial charge >= 0.3 is 0 Å². The van der Waals surface area contributed by atoms with Crippen molar-refractivity contribution in [2.75, 3.05) is 13.7 Å². The number of nitrogens with one attached hydrogen (secondary N) is 1. The molecule has 1 unspecified atom stereocenters. The molecule has 0 aliphatic carbocycles. The van der Waals surface area contributed by atoms with Gasteiger partial charge in [-0.3, -0.25) is 0 Å². The lowest BCUT2D eigenvalue weighted by atomic mass is 10.0. The van der Waals surface area contributed by atoms with Gasteiger partial charge in [0.2, 0.25) is 0 Å². The van der Waals surface area contributed by atoms with E-state index in [1.165, 1.54) is 0 Å². The van der Waals surface area contributed by atoms with Gasteiger partial charge in [-0.25, -0.2) is 4.39 Å². The number of benzene rings is 1. The van der Waals surface area contributed by atoms with Crippen LogP contribution in [0.3, 0.4) is 0 Å². The zero-order valence-electron chi connectivity index (χ0n) is 10.3. The quantitative estimate of drug-likeness (QED) is 0.869. The lowest BCUT2D eigenvalue weighted by Crippen LogP contribution is -2.23. The Balaban J connectivity index is 2.31. The molecule has 1 aliphatic heterocycles. The number of likely N-dealkylation sites (N-methyl/N-ethyl adjacent to an activating group) is 1. The molecule has 0 fully saturated rings. The van der Waals surface area contributed by atoms with Crippen LogP contribution in [0.4, 0.5) is 4.39 Å². The van der Waals surface area contributed by atoms with E-state index in [1.54, 1.807) is 6.07 Å². The van der Waals surface area contributed by atoms with Gasteiger partial charge in [-0.1, -0.05) is 12.1 Å². The first-order valence-electron chi connectivity index (χ1n) is 5.98. The van der Waals surface area contributed by atoms with Gasteiger partial charge in [0.1, 0.15) is 11.6 Å². The smallest absolute Gasteiger partial charge is 0.128 e. The monoisotopic (exact) mass is 235 g/mol. The minimum absolute atomic E-state index is 0.181. The summed E-state index contributed by atoms with van der Waals surface area (Å²) in [6.07, 6.45) is 4.08. The van der Waals surface area contributed by atoms with Crippen molar-refractivity contribution in [1.29, 1.82) is 0 Å². The highest BCUT2D eigenvalue weighted by Gasteiger charge is 2.21. The highest BCUT2D eigenvalue weighted by Crippen LogP contribution is 2.27. The minimum Gasteiger partial charge on any atom is -0.496 e. The molecule has 1 aliphatic rings. The Morgan fingerprint density at radius 3 is 2.82 bits per heavy atom. The fourth-order valence-corrected chi connectivity index (χ4v) is 2.10. The Morgan fingerprint density at radius 1 is 1.41 bits per heavy atom. The number of hydrogen-bond acceptors (Lipinski definition) is 2. The number of hydrogen-bond donors (Lipinski definition) is 1. The third-order valence-corrected chi connectivity index (χ3v) is 3.00. The SMILES string of the molecule is CNC(C1=CCCCO1)c1ccc(C)cc1F. The second kappa shape index (κ2) is 5.32. The van der Waals surface area contributed by atoms with Crippen LogP contribution in [0.25, 0.3) is 0 Å². The Kier molecular flexibility index (Phi) is 3.79. The Hall–Kier alpha value is -1.35. The summed E-state index contributed by atoms with van der Waals surface area (Å²) in [5, 5.41) is 3.12. The van der Waals surface area contributed by atoms with Crippen LogP contribution in [-0.2, 0) is 4.74 Å². The normalized spacial score (nSPS) is 17.2. The second-order valence-corrected chi connectivity index (χ2v) is 4.34. The average molecular weight is 235 g/mol. The molecule has 0 radical (unpaired) electrons. The Labute approximate surface area is 101 Å². The van der Waals surface area contributed by atoms with E-state index >= 15 is 0 Å². The molecule has 1 atom stereocenters. The number of allylic oxidation sites excluding steroid dienone is 1. The topological polar surface area (TPSA) is 21.3 Å². The van der Waals surface area contributed by atoms with Crippen molar-refractivity contribution in [2.24, 2.45) is 0 Å². The van der Waals surface area contributed by atoms with Crippen molar-refractivity contribution in [2.45, 2.75) is 25.8 Å². The summed E-state index contributed by atoms with van der Waals surface area (Å²) in [5.74, 6) is 0.654. The first-order valence-corrected chi connectivity index (χ1v) is 5.98. The van der Waals surface area contributed by atoms with Crippen LogP contribution in [0.1, 0.15) is 30.0 Å². The number of aryl methyl sites for hydroxylation is 1. The maximum Gasteiger partial charge on any atom is 0.128 e. The van der Waals surface area contributed by atoms with Gasteiger partial charge in [-0.15, -0.1) is 0 Å². The van der Waals surface area contributed by atoms with Gasteiger partial charge in [0.15, 0.2) is 0 Å². The molecule has 92 valence electrons. The largest absolute Gasteiger partial charge is 0.496 e. The first-order chi connectivity index (χ1) is 8.22. The molecule has 17 heavy (non-hydrogen) atoms. The molecule has 1 heterocycles. The van der Waals surface area contributed by atoms with Gasteiger partial charge in [0.05, 0.1) is 12.6 Å². The standard InChI is InChI=1S/C14H18FNO/c1-10-6-7-11(12(15)9-10)14(16-2)13-5-3-4-8-17-13/h5-7,9,14,16H,3-4,8H2,1-2H3. The molecule has 0 bridgehead atoms. The molecule has 0 aromatic heterocycles. The average Bonchev–Trinajstić information content (AvgIpc) is 2.34. The molecule has 1 N–H and O–H groups in total. The molecule has 2 rings (SSSR count). The summed E-state index contributed by atoms with van der Waals surface area (Å²) in [5.41, 5.74) is 1.57. The predicted octanol–water partition coefficient (Wildman–Crippen LogP) is 3.09. The van der Waals surface area contributed by atoms with E-state index in [-0.39, 0.29) is 11.9 Å². The van der Waals surface area contributed by atoms with Crippen LogP contribution in [-0.4, -0.2) is 13.7 Å². The molecule has 3 heteroatoms. The van der Waals surface area contributed by atoms with Crippen LogP contribution >= 0.6 is 0 Å². The fourth-order valence-electron chi connectivity index (χ4n) is 2.10. The minimum atomic E-state index is -0.184. The van der Waals surface area contributed by atoms with Crippen molar-refractivity contribution < 1.29 is 9.13 Å². The van der Waals surface area contributed by atoms with E-state index in [4.69, 9.17) is 4.74 Å². The summed E-state index contributed by atoms with van der Waals surface area (Å²) in [7, 11) is 1.82. The Morgan fingerprint density at radius 2 is 2.24 bits per heavy atom. The van der Waals surface area contributed by atoms with Gasteiger partial charge in [0.25, 0.3) is 0 Å². The fraction of sp³-hybridized carbons (Fsp3) is 0.429. The van der Waals surface area contributed by atoms with E-state index in [2.05, 4.69) is 5.32 Å². The van der Waals surface area contributed by atoms with Crippen LogP contribution in [0.2, 0.25) is 0 Å². The predicted molar refractivity (Wildman–Crippen MR) is 66.2 cm³/mol. The van der Waals surface area contributed by atoms with Gasteiger partial charge in [-0.05, 0) is 44.5 Å². The number of halogens is 1. The van der Waals surface area contributed by atoms with Crippen LogP contribution in [0, 0.1) is 12.7 Å². The molecule has 0 saturated carbocycles. The van der Waals surface area contributed by atoms with Gasteiger partial charge in [-0.2, -0.15) is 0 Å².